The predicted octanol–water partition coefficient (Wildman–Crippen LogP) is 4.33. The van der Waals surface area contributed by atoms with Gasteiger partial charge in [-0.05, 0) is 42.2 Å². The van der Waals surface area contributed by atoms with E-state index in [0.717, 1.165) is 44.2 Å². The molecule has 0 N–H and O–H groups in total. The number of para-hydroxylation sites is 2. The smallest absolute Gasteiger partial charge is 0.149 e. The van der Waals surface area contributed by atoms with Gasteiger partial charge in [0.05, 0.1) is 19.3 Å². The summed E-state index contributed by atoms with van der Waals surface area (Å²) in [4.78, 5) is 4.78. The van der Waals surface area contributed by atoms with E-state index in [1.807, 2.05) is 12.1 Å². The Balaban J connectivity index is 1.46. The lowest BCUT2D eigenvalue weighted by Crippen LogP contribution is -2.46. The Labute approximate surface area is 175 Å². The second-order valence-electron chi connectivity index (χ2n) is 7.77. The van der Waals surface area contributed by atoms with Crippen LogP contribution in [0.5, 0.6) is 11.5 Å². The summed E-state index contributed by atoms with van der Waals surface area (Å²) in [5.41, 5.74) is 3.63. The molecule has 0 spiro atoms. The van der Waals surface area contributed by atoms with Gasteiger partial charge in [0.15, 0.2) is 0 Å². The molecule has 29 heavy (non-hydrogen) atoms. The van der Waals surface area contributed by atoms with E-state index < -0.39 is 0 Å². The quantitative estimate of drug-likeness (QED) is 0.683. The molecule has 1 aliphatic rings. The van der Waals surface area contributed by atoms with E-state index in [4.69, 9.17) is 9.47 Å². The molecule has 154 valence electrons. The van der Waals surface area contributed by atoms with Crippen molar-refractivity contribution in [1.29, 1.82) is 0 Å². The van der Waals surface area contributed by atoms with Crippen LogP contribution in [0.3, 0.4) is 0 Å². The second-order valence-corrected chi connectivity index (χ2v) is 7.77. The zero-order chi connectivity index (χ0) is 20.6. The number of nitrogens with zero attached hydrogens (tertiary/aromatic N) is 2. The van der Waals surface area contributed by atoms with Crippen molar-refractivity contribution in [2.75, 3.05) is 51.3 Å². The van der Waals surface area contributed by atoms with E-state index in [1.165, 1.54) is 16.8 Å². The van der Waals surface area contributed by atoms with Crippen LogP contribution in [0.4, 0.5) is 5.69 Å². The molecule has 1 fully saturated rings. The maximum atomic E-state index is 5.95. The molecule has 0 amide bonds. The third-order valence-corrected chi connectivity index (χ3v) is 5.32. The van der Waals surface area contributed by atoms with Crippen LogP contribution in [0.1, 0.15) is 30.9 Å². The molecule has 2 aromatic carbocycles. The number of hydrogen-bond donors (Lipinski definition) is 0. The summed E-state index contributed by atoms with van der Waals surface area (Å²) in [5, 5.41) is 0. The molecule has 0 aliphatic carbocycles. The highest BCUT2D eigenvalue weighted by molar-refractivity contribution is 5.58. The number of aryl methyl sites for hydroxylation is 1. The molecule has 0 bridgehead atoms. The van der Waals surface area contributed by atoms with Gasteiger partial charge in [-0.15, -0.1) is 0 Å². The highest BCUT2D eigenvalue weighted by Gasteiger charge is 2.18. The van der Waals surface area contributed by atoms with Crippen molar-refractivity contribution in [3.63, 3.8) is 0 Å². The van der Waals surface area contributed by atoms with Gasteiger partial charge >= 0.3 is 0 Å². The number of methoxy groups -OCH3 is 1. The fourth-order valence-corrected chi connectivity index (χ4v) is 3.61. The first-order valence-corrected chi connectivity index (χ1v) is 10.4. The number of ether oxygens (including phenoxy) is 2. The van der Waals surface area contributed by atoms with Crippen LogP contribution in [0.25, 0.3) is 0 Å². The lowest BCUT2D eigenvalue weighted by atomic mass is 10.0. The summed E-state index contributed by atoms with van der Waals surface area (Å²) < 4.78 is 11.4. The largest absolute Gasteiger partial charge is 0.495 e. The maximum Gasteiger partial charge on any atom is 0.149 e. The third kappa shape index (κ3) is 5.68. The third-order valence-electron chi connectivity index (χ3n) is 5.32. The van der Waals surface area contributed by atoms with Crippen molar-refractivity contribution in [3.05, 3.63) is 53.6 Å². The molecule has 0 radical (unpaired) electrons. The predicted molar refractivity (Wildman–Crippen MR) is 120 cm³/mol. The van der Waals surface area contributed by atoms with Gasteiger partial charge in [0.1, 0.15) is 18.1 Å². The van der Waals surface area contributed by atoms with Crippen molar-refractivity contribution < 1.29 is 9.47 Å². The van der Waals surface area contributed by atoms with Gasteiger partial charge in [0.25, 0.3) is 0 Å². The lowest BCUT2D eigenvalue weighted by molar-refractivity contribution is 0.286. The lowest BCUT2D eigenvalue weighted by Gasteiger charge is -2.35. The Hall–Kier alpha value is -2.64. The van der Waals surface area contributed by atoms with Crippen molar-refractivity contribution >= 4 is 5.69 Å². The van der Waals surface area contributed by atoms with Crippen molar-refractivity contribution in [2.24, 2.45) is 0 Å². The SMILES string of the molecule is COc1ccccc1N1CCN(CC#CCOc2cc(C)ccc2C(C)C)CC1. The molecule has 0 saturated carbocycles. The molecule has 0 atom stereocenters. The van der Waals surface area contributed by atoms with Gasteiger partial charge in [-0.3, -0.25) is 4.90 Å². The molecule has 2 aromatic rings. The highest BCUT2D eigenvalue weighted by atomic mass is 16.5. The molecule has 4 heteroatoms. The van der Waals surface area contributed by atoms with E-state index in [0.29, 0.717) is 12.5 Å². The van der Waals surface area contributed by atoms with Crippen molar-refractivity contribution in [3.8, 4) is 23.3 Å². The van der Waals surface area contributed by atoms with Gasteiger partial charge in [0, 0.05) is 26.2 Å². The normalized spacial score (nSPS) is 14.4. The van der Waals surface area contributed by atoms with Crippen molar-refractivity contribution in [2.45, 2.75) is 26.7 Å². The monoisotopic (exact) mass is 392 g/mol. The van der Waals surface area contributed by atoms with Gasteiger partial charge in [-0.1, -0.05) is 50.0 Å². The van der Waals surface area contributed by atoms with Crippen LogP contribution >= 0.6 is 0 Å². The second kappa shape index (κ2) is 10.2. The number of piperazine rings is 1. The number of rotatable bonds is 6. The first kappa shape index (κ1) is 21.1. The minimum atomic E-state index is 0.435. The maximum absolute atomic E-state index is 5.95. The average Bonchev–Trinajstić information content (AvgIpc) is 2.74. The first-order valence-electron chi connectivity index (χ1n) is 10.4. The van der Waals surface area contributed by atoms with E-state index in [9.17, 15) is 0 Å². The molecule has 0 aromatic heterocycles. The van der Waals surface area contributed by atoms with Gasteiger partial charge in [-0.2, -0.15) is 0 Å². The standard InChI is InChI=1S/C25H32N2O2/c1-20(2)22-12-11-21(3)19-25(22)29-18-8-7-13-26-14-16-27(17-15-26)23-9-5-6-10-24(23)28-4/h5-6,9-12,19-20H,13-18H2,1-4H3. The fraction of sp³-hybridized carbons (Fsp3) is 0.440. The van der Waals surface area contributed by atoms with E-state index in [1.54, 1.807) is 7.11 Å². The van der Waals surface area contributed by atoms with Crippen LogP contribution in [0.2, 0.25) is 0 Å². The minimum Gasteiger partial charge on any atom is -0.495 e. The molecule has 1 heterocycles. The van der Waals surface area contributed by atoms with Gasteiger partial charge in [-0.25, -0.2) is 0 Å². The number of hydrogen-bond acceptors (Lipinski definition) is 4. The summed E-state index contributed by atoms with van der Waals surface area (Å²) in [6, 6.07) is 14.6. The summed E-state index contributed by atoms with van der Waals surface area (Å²) in [6.45, 7) is 11.7. The Kier molecular flexibility index (Phi) is 7.43. The summed E-state index contributed by atoms with van der Waals surface area (Å²) in [6.07, 6.45) is 0. The first-order chi connectivity index (χ1) is 14.1. The molecular formula is C25H32N2O2. The van der Waals surface area contributed by atoms with Gasteiger partial charge in [0.2, 0.25) is 0 Å². The summed E-state index contributed by atoms with van der Waals surface area (Å²) >= 11 is 0. The van der Waals surface area contributed by atoms with E-state index in [2.05, 4.69) is 72.7 Å². The van der Waals surface area contributed by atoms with E-state index in [-0.39, 0.29) is 0 Å². The van der Waals surface area contributed by atoms with Crippen LogP contribution in [0.15, 0.2) is 42.5 Å². The topological polar surface area (TPSA) is 24.9 Å². The Morgan fingerprint density at radius 3 is 2.45 bits per heavy atom. The molecule has 4 nitrogen and oxygen atoms in total. The molecule has 3 rings (SSSR count). The summed E-state index contributed by atoms with van der Waals surface area (Å²) in [7, 11) is 1.73. The van der Waals surface area contributed by atoms with Crippen LogP contribution in [0, 0.1) is 18.8 Å². The minimum absolute atomic E-state index is 0.435. The Morgan fingerprint density at radius 2 is 1.72 bits per heavy atom. The molecule has 1 saturated heterocycles. The van der Waals surface area contributed by atoms with Crippen LogP contribution in [-0.2, 0) is 0 Å². The Bertz CT molecular complexity index is 859. The van der Waals surface area contributed by atoms with Crippen LogP contribution in [-0.4, -0.2) is 51.3 Å². The molecule has 1 aliphatic heterocycles. The highest BCUT2D eigenvalue weighted by Crippen LogP contribution is 2.28. The number of anilines is 1. The van der Waals surface area contributed by atoms with E-state index >= 15 is 0 Å². The zero-order valence-corrected chi connectivity index (χ0v) is 18.1. The average molecular weight is 393 g/mol. The Morgan fingerprint density at radius 1 is 0.966 bits per heavy atom. The van der Waals surface area contributed by atoms with Crippen molar-refractivity contribution in [1.82, 2.24) is 4.90 Å². The molecular weight excluding hydrogens is 360 g/mol. The fourth-order valence-electron chi connectivity index (χ4n) is 3.61. The number of benzene rings is 2. The van der Waals surface area contributed by atoms with Crippen LogP contribution < -0.4 is 14.4 Å². The zero-order valence-electron chi connectivity index (χ0n) is 18.1. The summed E-state index contributed by atoms with van der Waals surface area (Å²) in [5.74, 6) is 8.79. The van der Waals surface area contributed by atoms with Gasteiger partial charge < -0.3 is 14.4 Å². The molecule has 0 unspecified atom stereocenters.